The van der Waals surface area contributed by atoms with Gasteiger partial charge in [0.2, 0.25) is 5.71 Å². The number of hydrogen-bond acceptors (Lipinski definition) is 1. The first-order valence-corrected chi connectivity index (χ1v) is 22.6. The Labute approximate surface area is 380 Å². The molecule has 0 bridgehead atoms. The minimum Gasteiger partial charge on any atom is -0.439 e. The highest BCUT2D eigenvalue weighted by Crippen LogP contribution is 2.42. The summed E-state index contributed by atoms with van der Waals surface area (Å²) in [7, 11) is 0. The second-order valence-corrected chi connectivity index (χ2v) is 17.3. The van der Waals surface area contributed by atoms with Crippen LogP contribution in [0, 0.1) is 0 Å². The van der Waals surface area contributed by atoms with Crippen molar-refractivity contribution in [2.75, 3.05) is 0 Å². The molecule has 0 saturated heterocycles. The molecule has 0 unspecified atom stereocenters. The first-order valence-electron chi connectivity index (χ1n) is 22.6. The maximum atomic E-state index is 6.57. The van der Waals surface area contributed by atoms with E-state index in [1.165, 1.54) is 71.3 Å². The Kier molecular flexibility index (Phi) is 7.95. The van der Waals surface area contributed by atoms with Crippen molar-refractivity contribution >= 4 is 76.6 Å². The summed E-state index contributed by atoms with van der Waals surface area (Å²) in [6, 6.07) is 85.7. The number of fused-ring (bicyclic) bond motifs is 11. The zero-order chi connectivity index (χ0) is 43.3. The van der Waals surface area contributed by atoms with Gasteiger partial charge in [0.1, 0.15) is 5.58 Å². The van der Waals surface area contributed by atoms with Crippen LogP contribution >= 0.6 is 0 Å². The van der Waals surface area contributed by atoms with E-state index in [2.05, 4.69) is 244 Å². The summed E-state index contributed by atoms with van der Waals surface area (Å²) in [6.45, 7) is 0. The fraction of sp³-hybridized carbons (Fsp3) is 0. The largest absolute Gasteiger partial charge is 0.439 e. The van der Waals surface area contributed by atoms with E-state index in [9.17, 15) is 0 Å². The summed E-state index contributed by atoms with van der Waals surface area (Å²) in [4.78, 5) is 0. The first kappa shape index (κ1) is 36.6. The Bertz CT molecular complexity index is 4190. The minimum absolute atomic E-state index is 0.867. The minimum atomic E-state index is 0.867. The van der Waals surface area contributed by atoms with Gasteiger partial charge in [-0.3, -0.25) is 4.57 Å². The van der Waals surface area contributed by atoms with Gasteiger partial charge in [-0.05, 0) is 130 Å². The zero-order valence-electron chi connectivity index (χ0n) is 35.8. The smallest absolute Gasteiger partial charge is 0.213 e. The molecule has 0 aliphatic rings. The lowest BCUT2D eigenvalue weighted by atomic mass is 9.99. The van der Waals surface area contributed by atoms with Crippen LogP contribution in [0.5, 0.6) is 0 Å². The Morgan fingerprint density at radius 2 is 0.621 bits per heavy atom. The Morgan fingerprint density at radius 1 is 0.242 bits per heavy atom. The third-order valence-corrected chi connectivity index (χ3v) is 13.7. The number of nitrogens with zero attached hydrogens (tertiary/aromatic N) is 3. The van der Waals surface area contributed by atoms with Crippen molar-refractivity contribution in [3.63, 3.8) is 0 Å². The molecule has 4 heterocycles. The highest BCUT2D eigenvalue weighted by Gasteiger charge is 2.21. The van der Waals surface area contributed by atoms with Gasteiger partial charge in [-0.2, -0.15) is 0 Å². The van der Waals surface area contributed by atoms with Gasteiger partial charge in [-0.25, -0.2) is 0 Å². The molecule has 14 rings (SSSR count). The van der Waals surface area contributed by atoms with Crippen molar-refractivity contribution in [1.82, 2.24) is 13.7 Å². The molecule has 0 N–H and O–H groups in total. The molecule has 308 valence electrons. The summed E-state index contributed by atoms with van der Waals surface area (Å²) in [5, 5.41) is 8.39. The van der Waals surface area contributed by atoms with Gasteiger partial charge in [0.25, 0.3) is 0 Å². The van der Waals surface area contributed by atoms with Crippen LogP contribution in [0.3, 0.4) is 0 Å². The number of furan rings is 1. The highest BCUT2D eigenvalue weighted by molar-refractivity contribution is 6.20. The number of benzene rings is 10. The number of para-hydroxylation sites is 4. The first-order chi connectivity index (χ1) is 32.7. The van der Waals surface area contributed by atoms with E-state index in [0.717, 1.165) is 55.8 Å². The van der Waals surface area contributed by atoms with E-state index in [1.54, 1.807) is 0 Å². The average molecular weight is 842 g/mol. The molecule has 0 aliphatic heterocycles. The van der Waals surface area contributed by atoms with Crippen LogP contribution in [-0.4, -0.2) is 13.7 Å². The van der Waals surface area contributed by atoms with Crippen LogP contribution in [0.2, 0.25) is 0 Å². The lowest BCUT2D eigenvalue weighted by Crippen LogP contribution is -1.94. The van der Waals surface area contributed by atoms with E-state index in [1.807, 2.05) is 6.07 Å². The molecule has 0 aliphatic carbocycles. The average Bonchev–Trinajstić information content (AvgIpc) is 4.12. The fourth-order valence-electron chi connectivity index (χ4n) is 10.6. The second-order valence-electron chi connectivity index (χ2n) is 17.3. The van der Waals surface area contributed by atoms with E-state index in [0.29, 0.717) is 0 Å². The van der Waals surface area contributed by atoms with Crippen molar-refractivity contribution in [3.05, 3.63) is 237 Å². The molecule has 10 aromatic carbocycles. The Morgan fingerprint density at radius 3 is 1.21 bits per heavy atom. The van der Waals surface area contributed by atoms with Crippen molar-refractivity contribution < 1.29 is 4.42 Å². The van der Waals surface area contributed by atoms with Gasteiger partial charge in [-0.15, -0.1) is 0 Å². The zero-order valence-corrected chi connectivity index (χ0v) is 35.8. The summed E-state index contributed by atoms with van der Waals surface area (Å²) in [5.41, 5.74) is 18.1. The molecule has 4 aromatic heterocycles. The van der Waals surface area contributed by atoms with Gasteiger partial charge in [0, 0.05) is 49.4 Å². The van der Waals surface area contributed by atoms with Crippen LogP contribution in [0.4, 0.5) is 0 Å². The Balaban J connectivity index is 0.909. The van der Waals surface area contributed by atoms with Crippen molar-refractivity contribution in [3.8, 4) is 50.4 Å². The van der Waals surface area contributed by atoms with Crippen LogP contribution in [0.25, 0.3) is 127 Å². The molecule has 0 atom stereocenters. The SMILES string of the molecule is c1ccc(-c2ccc3c(c2)c2cc(-c4ccc5c(c4)c4ccccc4n5-c4ccccc4)ccc2n3-c2ccc(-c3ccc4c(c3)c3c5ccccc5oc3n4-c3ccccc3)cc2)cc1. The van der Waals surface area contributed by atoms with E-state index >= 15 is 0 Å². The molecule has 0 spiro atoms. The molecule has 4 nitrogen and oxygen atoms in total. The number of aromatic nitrogens is 3. The van der Waals surface area contributed by atoms with Crippen molar-refractivity contribution in [1.29, 1.82) is 0 Å². The molecule has 0 amide bonds. The van der Waals surface area contributed by atoms with Gasteiger partial charge >= 0.3 is 0 Å². The van der Waals surface area contributed by atoms with Crippen LogP contribution in [0.1, 0.15) is 0 Å². The Hall–Kier alpha value is -8.86. The third-order valence-electron chi connectivity index (χ3n) is 13.7. The molecule has 4 heteroatoms. The van der Waals surface area contributed by atoms with E-state index in [4.69, 9.17) is 4.42 Å². The van der Waals surface area contributed by atoms with Crippen molar-refractivity contribution in [2.45, 2.75) is 0 Å². The standard InChI is InChI=1S/C62H39N3O/c1-4-14-40(15-5-1)42-26-32-57-52(36-42)53-38-45(44-28-33-56-51(37-44)49-20-10-12-22-55(49)63(56)46-16-6-2-7-17-46)29-34-58(53)64(57)48-30-24-41(25-31-48)43-27-35-59-54(39-43)61-50-21-11-13-23-60(50)66-62(61)65(59)47-18-8-3-9-19-47/h1-39H. The normalized spacial score (nSPS) is 11.9. The summed E-state index contributed by atoms with van der Waals surface area (Å²) < 4.78 is 13.6. The highest BCUT2D eigenvalue weighted by atomic mass is 16.3. The van der Waals surface area contributed by atoms with E-state index < -0.39 is 0 Å². The quantitative estimate of drug-likeness (QED) is 0.164. The third kappa shape index (κ3) is 5.52. The molecular weight excluding hydrogens is 803 g/mol. The van der Waals surface area contributed by atoms with Gasteiger partial charge in [-0.1, -0.05) is 140 Å². The molecule has 0 saturated carbocycles. The lowest BCUT2D eigenvalue weighted by Gasteiger charge is -2.11. The second kappa shape index (κ2) is 14.3. The number of rotatable bonds is 6. The van der Waals surface area contributed by atoms with Gasteiger partial charge in [0.05, 0.1) is 33.0 Å². The summed E-state index contributed by atoms with van der Waals surface area (Å²) in [5.74, 6) is 0. The van der Waals surface area contributed by atoms with E-state index in [-0.39, 0.29) is 0 Å². The monoisotopic (exact) mass is 841 g/mol. The molecule has 0 radical (unpaired) electrons. The predicted octanol–water partition coefficient (Wildman–Crippen LogP) is 16.7. The van der Waals surface area contributed by atoms with Crippen LogP contribution in [0.15, 0.2) is 241 Å². The molecule has 66 heavy (non-hydrogen) atoms. The summed E-state index contributed by atoms with van der Waals surface area (Å²) in [6.07, 6.45) is 0. The summed E-state index contributed by atoms with van der Waals surface area (Å²) >= 11 is 0. The fourth-order valence-corrected chi connectivity index (χ4v) is 10.6. The number of hydrogen-bond donors (Lipinski definition) is 0. The molecular formula is C62H39N3O. The van der Waals surface area contributed by atoms with Crippen LogP contribution < -0.4 is 0 Å². The lowest BCUT2D eigenvalue weighted by molar-refractivity contribution is 0.645. The molecule has 14 aromatic rings. The maximum absolute atomic E-state index is 6.57. The van der Waals surface area contributed by atoms with Crippen LogP contribution in [-0.2, 0) is 0 Å². The topological polar surface area (TPSA) is 27.9 Å². The molecule has 0 fully saturated rings. The van der Waals surface area contributed by atoms with Crippen molar-refractivity contribution in [2.24, 2.45) is 0 Å². The maximum Gasteiger partial charge on any atom is 0.213 e. The predicted molar refractivity (Wildman–Crippen MR) is 276 cm³/mol. The van der Waals surface area contributed by atoms with Gasteiger partial charge < -0.3 is 13.6 Å². The van der Waals surface area contributed by atoms with Gasteiger partial charge in [0.15, 0.2) is 0 Å².